The number of nitrogens with one attached hydrogen (secondary N) is 1. The third-order valence-electron chi connectivity index (χ3n) is 3.32. The molecule has 1 aliphatic carbocycles. The molecule has 0 saturated carbocycles. The van der Waals surface area contributed by atoms with Crippen molar-refractivity contribution in [2.45, 2.75) is 51.6 Å². The van der Waals surface area contributed by atoms with Crippen molar-refractivity contribution in [3.63, 3.8) is 0 Å². The summed E-state index contributed by atoms with van der Waals surface area (Å²) in [5.41, 5.74) is 1.43. The van der Waals surface area contributed by atoms with E-state index in [1.807, 2.05) is 18.3 Å². The van der Waals surface area contributed by atoms with Crippen molar-refractivity contribution < 1.29 is 9.53 Å². The Kier molecular flexibility index (Phi) is 4.78. The van der Waals surface area contributed by atoms with Crippen LogP contribution >= 0.6 is 11.3 Å². The molecule has 0 amide bonds. The van der Waals surface area contributed by atoms with Crippen LogP contribution in [0.25, 0.3) is 0 Å². The topological polar surface area (TPSA) is 38.3 Å². The van der Waals surface area contributed by atoms with Crippen LogP contribution in [0.4, 0.5) is 0 Å². The maximum absolute atomic E-state index is 11.4. The molecule has 0 aliphatic heterocycles. The normalized spacial score (nSPS) is 20.2. The number of hydrogen-bond donors (Lipinski definition) is 1. The molecule has 2 unspecified atom stereocenters. The van der Waals surface area contributed by atoms with Gasteiger partial charge in [-0.3, -0.25) is 4.79 Å². The summed E-state index contributed by atoms with van der Waals surface area (Å²) >= 11 is 1.85. The van der Waals surface area contributed by atoms with Crippen LogP contribution in [-0.2, 0) is 16.0 Å². The quantitative estimate of drug-likeness (QED) is 0.833. The van der Waals surface area contributed by atoms with Crippen LogP contribution in [0.1, 0.15) is 49.6 Å². The standard InChI is InChI=1S/C14H21NO2S/c1-3-17-14(16)9-10(2)15-12-5-4-6-13-11(12)7-8-18-13/h7-8,10,12,15H,3-6,9H2,1-2H3. The number of hydrogen-bond acceptors (Lipinski definition) is 4. The van der Waals surface area contributed by atoms with E-state index >= 15 is 0 Å². The number of aryl methyl sites for hydroxylation is 1. The highest BCUT2D eigenvalue weighted by molar-refractivity contribution is 7.10. The van der Waals surface area contributed by atoms with Crippen molar-refractivity contribution >= 4 is 17.3 Å². The van der Waals surface area contributed by atoms with E-state index in [1.165, 1.54) is 23.3 Å². The van der Waals surface area contributed by atoms with Gasteiger partial charge in [-0.1, -0.05) is 0 Å². The number of carbonyl (C=O) groups excluding carboxylic acids is 1. The Bertz CT molecular complexity index is 402. The van der Waals surface area contributed by atoms with E-state index in [2.05, 4.69) is 23.7 Å². The van der Waals surface area contributed by atoms with Gasteiger partial charge in [0, 0.05) is 17.0 Å². The van der Waals surface area contributed by atoms with Crippen LogP contribution in [0.3, 0.4) is 0 Å². The van der Waals surface area contributed by atoms with Gasteiger partial charge in [0.2, 0.25) is 0 Å². The Morgan fingerprint density at radius 2 is 2.50 bits per heavy atom. The molecule has 1 heterocycles. The Balaban J connectivity index is 1.89. The lowest BCUT2D eigenvalue weighted by Gasteiger charge is -2.26. The van der Waals surface area contributed by atoms with Gasteiger partial charge in [-0.15, -0.1) is 11.3 Å². The molecule has 1 aromatic rings. The highest BCUT2D eigenvalue weighted by Crippen LogP contribution is 2.33. The second-order valence-electron chi connectivity index (χ2n) is 4.82. The molecule has 3 nitrogen and oxygen atoms in total. The van der Waals surface area contributed by atoms with Crippen molar-refractivity contribution in [2.75, 3.05) is 6.61 Å². The van der Waals surface area contributed by atoms with E-state index in [9.17, 15) is 4.79 Å². The van der Waals surface area contributed by atoms with Gasteiger partial charge >= 0.3 is 5.97 Å². The Labute approximate surface area is 113 Å². The highest BCUT2D eigenvalue weighted by atomic mass is 32.1. The molecule has 1 N–H and O–H groups in total. The second-order valence-corrected chi connectivity index (χ2v) is 5.82. The number of fused-ring (bicyclic) bond motifs is 1. The Morgan fingerprint density at radius 3 is 3.28 bits per heavy atom. The summed E-state index contributed by atoms with van der Waals surface area (Å²) in [7, 11) is 0. The zero-order valence-electron chi connectivity index (χ0n) is 11.1. The van der Waals surface area contributed by atoms with Crippen LogP contribution < -0.4 is 5.32 Å². The minimum absolute atomic E-state index is 0.112. The minimum atomic E-state index is -0.112. The summed E-state index contributed by atoms with van der Waals surface area (Å²) in [6.45, 7) is 4.36. The number of rotatable bonds is 5. The maximum atomic E-state index is 11.4. The van der Waals surface area contributed by atoms with Crippen molar-refractivity contribution in [2.24, 2.45) is 0 Å². The highest BCUT2D eigenvalue weighted by Gasteiger charge is 2.23. The molecule has 2 atom stereocenters. The third-order valence-corrected chi connectivity index (χ3v) is 4.31. The molecule has 4 heteroatoms. The van der Waals surface area contributed by atoms with Gasteiger partial charge in [0.25, 0.3) is 0 Å². The lowest BCUT2D eigenvalue weighted by atomic mass is 9.93. The molecule has 0 spiro atoms. The van der Waals surface area contributed by atoms with Crippen LogP contribution in [-0.4, -0.2) is 18.6 Å². The van der Waals surface area contributed by atoms with Gasteiger partial charge in [-0.05, 0) is 50.1 Å². The average molecular weight is 267 g/mol. The van der Waals surface area contributed by atoms with Crippen molar-refractivity contribution in [1.29, 1.82) is 0 Å². The average Bonchev–Trinajstić information content (AvgIpc) is 2.78. The number of thiophene rings is 1. The van der Waals surface area contributed by atoms with E-state index in [-0.39, 0.29) is 12.0 Å². The number of carbonyl (C=O) groups is 1. The molecule has 0 saturated heterocycles. The van der Waals surface area contributed by atoms with E-state index in [1.54, 1.807) is 0 Å². The summed E-state index contributed by atoms with van der Waals surface area (Å²) in [5, 5.41) is 5.72. The second kappa shape index (κ2) is 6.34. The van der Waals surface area contributed by atoms with Crippen LogP contribution in [0, 0.1) is 0 Å². The first-order valence-corrected chi connectivity index (χ1v) is 7.56. The zero-order valence-corrected chi connectivity index (χ0v) is 11.9. The first-order chi connectivity index (χ1) is 8.70. The Hall–Kier alpha value is -0.870. The fourth-order valence-corrected chi connectivity index (χ4v) is 3.52. The first-order valence-electron chi connectivity index (χ1n) is 6.68. The summed E-state index contributed by atoms with van der Waals surface area (Å²) in [5.74, 6) is -0.112. The molecule has 2 rings (SSSR count). The fourth-order valence-electron chi connectivity index (χ4n) is 2.53. The van der Waals surface area contributed by atoms with Gasteiger partial charge in [-0.2, -0.15) is 0 Å². The summed E-state index contributed by atoms with van der Waals surface area (Å²) in [4.78, 5) is 12.9. The lowest BCUT2D eigenvalue weighted by Crippen LogP contribution is -2.34. The lowest BCUT2D eigenvalue weighted by molar-refractivity contribution is -0.143. The zero-order chi connectivity index (χ0) is 13.0. The minimum Gasteiger partial charge on any atom is -0.466 e. The van der Waals surface area contributed by atoms with Crippen molar-refractivity contribution in [1.82, 2.24) is 5.32 Å². The summed E-state index contributed by atoms with van der Waals surface area (Å²) < 4.78 is 4.98. The molecule has 0 bridgehead atoms. The summed E-state index contributed by atoms with van der Waals surface area (Å²) in [6, 6.07) is 2.79. The SMILES string of the molecule is CCOC(=O)CC(C)NC1CCCc2sccc21. The van der Waals surface area contributed by atoms with Crippen LogP contribution in [0.2, 0.25) is 0 Å². The molecule has 100 valence electrons. The predicted octanol–water partition coefficient (Wildman–Crippen LogP) is 3.06. The maximum Gasteiger partial charge on any atom is 0.307 e. The molecule has 1 aliphatic rings. The fraction of sp³-hybridized carbons (Fsp3) is 0.643. The monoisotopic (exact) mass is 267 g/mol. The van der Waals surface area contributed by atoms with Crippen molar-refractivity contribution in [3.8, 4) is 0 Å². The first kappa shape index (κ1) is 13.6. The smallest absolute Gasteiger partial charge is 0.307 e. The molecular weight excluding hydrogens is 246 g/mol. The summed E-state index contributed by atoms with van der Waals surface area (Å²) in [6.07, 6.45) is 4.05. The number of ether oxygens (including phenoxy) is 1. The van der Waals surface area contributed by atoms with Gasteiger partial charge in [0.1, 0.15) is 0 Å². The number of esters is 1. The van der Waals surface area contributed by atoms with E-state index in [0.29, 0.717) is 19.1 Å². The van der Waals surface area contributed by atoms with E-state index < -0.39 is 0 Å². The van der Waals surface area contributed by atoms with E-state index in [0.717, 1.165) is 6.42 Å². The predicted molar refractivity (Wildman–Crippen MR) is 73.8 cm³/mol. The Morgan fingerprint density at radius 1 is 1.67 bits per heavy atom. The van der Waals surface area contributed by atoms with Crippen molar-refractivity contribution in [3.05, 3.63) is 21.9 Å². The largest absolute Gasteiger partial charge is 0.466 e. The van der Waals surface area contributed by atoms with Gasteiger partial charge in [0.15, 0.2) is 0 Å². The molecule has 0 radical (unpaired) electrons. The molecule has 18 heavy (non-hydrogen) atoms. The molecule has 1 aromatic heterocycles. The van der Waals surface area contributed by atoms with E-state index in [4.69, 9.17) is 4.74 Å². The molecule has 0 fully saturated rings. The van der Waals surface area contributed by atoms with Crippen LogP contribution in [0.15, 0.2) is 11.4 Å². The van der Waals surface area contributed by atoms with Gasteiger partial charge < -0.3 is 10.1 Å². The van der Waals surface area contributed by atoms with Gasteiger partial charge in [0.05, 0.1) is 13.0 Å². The van der Waals surface area contributed by atoms with Crippen LogP contribution in [0.5, 0.6) is 0 Å². The molecule has 0 aromatic carbocycles. The molecular formula is C14H21NO2S. The third kappa shape index (κ3) is 3.33. The van der Waals surface area contributed by atoms with Gasteiger partial charge in [-0.25, -0.2) is 0 Å².